The maximum atomic E-state index is 11.0. The van der Waals surface area contributed by atoms with E-state index in [2.05, 4.69) is 15.6 Å². The summed E-state index contributed by atoms with van der Waals surface area (Å²) < 4.78 is 1.92. The van der Waals surface area contributed by atoms with Crippen molar-refractivity contribution in [1.29, 1.82) is 0 Å². The maximum Gasteiger partial charge on any atom is 0.233 e. The molecular formula is C9H11ClN4OS. The van der Waals surface area contributed by atoms with Crippen LogP contribution in [0.2, 0.25) is 5.15 Å². The number of hydrogen-bond donors (Lipinski definition) is 2. The first-order valence-corrected chi connectivity index (χ1v) is 5.99. The Morgan fingerprint density at radius 3 is 3.25 bits per heavy atom. The first-order valence-electron chi connectivity index (χ1n) is 4.73. The number of thiazole rings is 1. The highest BCUT2D eigenvalue weighted by Crippen LogP contribution is 2.20. The van der Waals surface area contributed by atoms with Crippen LogP contribution in [0.1, 0.15) is 5.69 Å². The summed E-state index contributed by atoms with van der Waals surface area (Å²) in [6, 6.07) is 0. The van der Waals surface area contributed by atoms with E-state index in [1.54, 1.807) is 7.05 Å². The second-order valence-electron chi connectivity index (χ2n) is 3.18. The highest BCUT2D eigenvalue weighted by Gasteiger charge is 2.10. The molecule has 16 heavy (non-hydrogen) atoms. The van der Waals surface area contributed by atoms with Crippen LogP contribution in [0.5, 0.6) is 0 Å². The molecule has 2 N–H and O–H groups in total. The van der Waals surface area contributed by atoms with Gasteiger partial charge < -0.3 is 10.6 Å². The summed E-state index contributed by atoms with van der Waals surface area (Å²) in [5.74, 6) is -0.0535. The first kappa shape index (κ1) is 11.4. The van der Waals surface area contributed by atoms with Gasteiger partial charge in [-0.3, -0.25) is 9.20 Å². The van der Waals surface area contributed by atoms with E-state index >= 15 is 0 Å². The van der Waals surface area contributed by atoms with Crippen molar-refractivity contribution in [3.05, 3.63) is 22.4 Å². The van der Waals surface area contributed by atoms with Gasteiger partial charge in [-0.15, -0.1) is 11.3 Å². The Balaban J connectivity index is 2.05. The van der Waals surface area contributed by atoms with E-state index in [0.29, 0.717) is 11.7 Å². The van der Waals surface area contributed by atoms with Gasteiger partial charge in [0.2, 0.25) is 5.91 Å². The molecule has 0 bridgehead atoms. The van der Waals surface area contributed by atoms with Crippen LogP contribution in [0.4, 0.5) is 0 Å². The van der Waals surface area contributed by atoms with Crippen LogP contribution in [0.25, 0.3) is 4.96 Å². The maximum absolute atomic E-state index is 11.0. The van der Waals surface area contributed by atoms with E-state index in [1.807, 2.05) is 16.0 Å². The SMILES string of the molecule is CNC(=O)CNCc1c(Cl)nc2sccn12. The number of nitrogens with one attached hydrogen (secondary N) is 2. The molecule has 86 valence electrons. The van der Waals surface area contributed by atoms with E-state index < -0.39 is 0 Å². The Bertz CT molecular complexity index is 507. The third-order valence-corrected chi connectivity index (χ3v) is 3.23. The van der Waals surface area contributed by atoms with E-state index in [1.165, 1.54) is 11.3 Å². The highest BCUT2D eigenvalue weighted by atomic mass is 35.5. The van der Waals surface area contributed by atoms with Crippen molar-refractivity contribution in [3.63, 3.8) is 0 Å². The molecule has 2 aromatic heterocycles. The number of nitrogens with zero attached hydrogens (tertiary/aromatic N) is 2. The average Bonchev–Trinajstić information content (AvgIpc) is 2.81. The van der Waals surface area contributed by atoms with Crippen molar-refractivity contribution in [2.75, 3.05) is 13.6 Å². The second kappa shape index (κ2) is 4.82. The van der Waals surface area contributed by atoms with Crippen molar-refractivity contribution in [3.8, 4) is 0 Å². The molecule has 0 spiro atoms. The number of rotatable bonds is 4. The Morgan fingerprint density at radius 2 is 2.50 bits per heavy atom. The third kappa shape index (κ3) is 2.18. The van der Waals surface area contributed by atoms with Crippen LogP contribution in [0.3, 0.4) is 0 Å². The predicted molar refractivity (Wildman–Crippen MR) is 63.9 cm³/mol. The molecule has 2 rings (SSSR count). The molecule has 5 nitrogen and oxygen atoms in total. The Hall–Kier alpha value is -1.11. The molecule has 0 saturated carbocycles. The zero-order chi connectivity index (χ0) is 11.5. The summed E-state index contributed by atoms with van der Waals surface area (Å²) in [6.07, 6.45) is 1.91. The minimum atomic E-state index is -0.0535. The summed E-state index contributed by atoms with van der Waals surface area (Å²) in [5, 5.41) is 7.97. The number of likely N-dealkylation sites (N-methyl/N-ethyl adjacent to an activating group) is 1. The molecule has 0 radical (unpaired) electrons. The number of hydrogen-bond acceptors (Lipinski definition) is 4. The molecule has 2 aromatic rings. The number of aromatic nitrogens is 2. The fraction of sp³-hybridized carbons (Fsp3) is 0.333. The highest BCUT2D eigenvalue weighted by molar-refractivity contribution is 7.15. The van der Waals surface area contributed by atoms with Crippen molar-refractivity contribution >= 4 is 33.8 Å². The van der Waals surface area contributed by atoms with Crippen molar-refractivity contribution in [2.45, 2.75) is 6.54 Å². The molecular weight excluding hydrogens is 248 g/mol. The molecule has 0 aromatic carbocycles. The molecule has 0 fully saturated rings. The van der Waals surface area contributed by atoms with Crippen molar-refractivity contribution < 1.29 is 4.79 Å². The van der Waals surface area contributed by atoms with Crippen molar-refractivity contribution in [1.82, 2.24) is 20.0 Å². The quantitative estimate of drug-likeness (QED) is 0.856. The lowest BCUT2D eigenvalue weighted by Gasteiger charge is -2.03. The molecule has 0 aliphatic carbocycles. The van der Waals surface area contributed by atoms with Gasteiger partial charge in [-0.25, -0.2) is 4.98 Å². The Morgan fingerprint density at radius 1 is 1.69 bits per heavy atom. The van der Waals surface area contributed by atoms with Gasteiger partial charge in [0.1, 0.15) is 0 Å². The number of amides is 1. The number of carbonyl (C=O) groups excluding carboxylic acids is 1. The first-order chi connectivity index (χ1) is 7.72. The van der Waals surface area contributed by atoms with Gasteiger partial charge in [0.25, 0.3) is 0 Å². The summed E-state index contributed by atoms with van der Waals surface area (Å²) in [6.45, 7) is 0.786. The molecule has 0 aliphatic rings. The van der Waals surface area contributed by atoms with E-state index in [0.717, 1.165) is 10.7 Å². The number of imidazole rings is 1. The number of fused-ring (bicyclic) bond motifs is 1. The van der Waals surface area contributed by atoms with Gasteiger partial charge in [-0.05, 0) is 0 Å². The predicted octanol–water partition coefficient (Wildman–Crippen LogP) is 0.885. The van der Waals surface area contributed by atoms with Gasteiger partial charge in [0.05, 0.1) is 12.2 Å². The molecule has 0 saturated heterocycles. The lowest BCUT2D eigenvalue weighted by atomic mass is 10.4. The Kier molecular flexibility index (Phi) is 3.42. The van der Waals surface area contributed by atoms with Crippen LogP contribution < -0.4 is 10.6 Å². The van der Waals surface area contributed by atoms with Crippen LogP contribution in [-0.2, 0) is 11.3 Å². The molecule has 0 unspecified atom stereocenters. The lowest BCUT2D eigenvalue weighted by molar-refractivity contribution is -0.119. The fourth-order valence-corrected chi connectivity index (χ4v) is 2.37. The Labute approximate surface area is 101 Å². The van der Waals surface area contributed by atoms with Crippen molar-refractivity contribution in [2.24, 2.45) is 0 Å². The molecule has 1 amide bonds. The standard InChI is InChI=1S/C9H11ClN4OS/c1-11-7(15)5-12-4-6-8(10)13-9-14(6)2-3-16-9/h2-3,12H,4-5H2,1H3,(H,11,15). The number of halogens is 1. The molecule has 0 atom stereocenters. The molecule has 2 heterocycles. The van der Waals surface area contributed by atoms with Crippen LogP contribution in [0.15, 0.2) is 11.6 Å². The lowest BCUT2D eigenvalue weighted by Crippen LogP contribution is -2.31. The van der Waals surface area contributed by atoms with Gasteiger partial charge in [0, 0.05) is 25.2 Å². The van der Waals surface area contributed by atoms with E-state index in [4.69, 9.17) is 11.6 Å². The topological polar surface area (TPSA) is 58.4 Å². The third-order valence-electron chi connectivity index (χ3n) is 2.17. The minimum absolute atomic E-state index is 0.0535. The fourth-order valence-electron chi connectivity index (χ4n) is 1.35. The van der Waals surface area contributed by atoms with Gasteiger partial charge in [-0.2, -0.15) is 0 Å². The van der Waals surface area contributed by atoms with Crippen LogP contribution in [0, 0.1) is 0 Å². The summed E-state index contributed by atoms with van der Waals surface area (Å²) in [4.78, 5) is 16.1. The summed E-state index contributed by atoms with van der Waals surface area (Å²) in [5.41, 5.74) is 0.877. The minimum Gasteiger partial charge on any atom is -0.358 e. The second-order valence-corrected chi connectivity index (χ2v) is 4.41. The zero-order valence-corrected chi connectivity index (χ0v) is 10.2. The summed E-state index contributed by atoms with van der Waals surface area (Å²) >= 11 is 7.52. The average molecular weight is 259 g/mol. The van der Waals surface area contributed by atoms with Crippen LogP contribution >= 0.6 is 22.9 Å². The normalized spacial score (nSPS) is 10.9. The molecule has 7 heteroatoms. The van der Waals surface area contributed by atoms with E-state index in [9.17, 15) is 4.79 Å². The smallest absolute Gasteiger partial charge is 0.233 e. The summed E-state index contributed by atoms with van der Waals surface area (Å²) in [7, 11) is 1.60. The van der Waals surface area contributed by atoms with Gasteiger partial charge in [0.15, 0.2) is 10.1 Å². The monoisotopic (exact) mass is 258 g/mol. The molecule has 0 aliphatic heterocycles. The number of carbonyl (C=O) groups is 1. The van der Waals surface area contributed by atoms with E-state index in [-0.39, 0.29) is 12.5 Å². The van der Waals surface area contributed by atoms with Gasteiger partial charge >= 0.3 is 0 Å². The van der Waals surface area contributed by atoms with Crippen LogP contribution in [-0.4, -0.2) is 28.9 Å². The van der Waals surface area contributed by atoms with Gasteiger partial charge in [-0.1, -0.05) is 11.6 Å². The largest absolute Gasteiger partial charge is 0.358 e. The zero-order valence-electron chi connectivity index (χ0n) is 8.66.